The van der Waals surface area contributed by atoms with Crippen molar-refractivity contribution in [3.05, 3.63) is 82.4 Å². The zero-order valence-corrected chi connectivity index (χ0v) is 19.2. The third-order valence-electron chi connectivity index (χ3n) is 6.19. The maximum absolute atomic E-state index is 13.8. The minimum atomic E-state index is -1.01. The number of aliphatic carboxylic acids is 1. The van der Waals surface area contributed by atoms with Crippen molar-refractivity contribution in [1.29, 1.82) is 0 Å². The van der Waals surface area contributed by atoms with Gasteiger partial charge in [-0.25, -0.2) is 4.79 Å². The molecule has 1 aliphatic heterocycles. The summed E-state index contributed by atoms with van der Waals surface area (Å²) in [5.74, 6) is -1.32. The molecule has 0 spiro atoms. The van der Waals surface area contributed by atoms with E-state index in [0.29, 0.717) is 29.3 Å². The van der Waals surface area contributed by atoms with Crippen molar-refractivity contribution in [1.82, 2.24) is 4.90 Å². The molecule has 1 amide bonds. The monoisotopic (exact) mass is 459 g/mol. The predicted octanol–water partition coefficient (Wildman–Crippen LogP) is 6.50. The lowest BCUT2D eigenvalue weighted by molar-refractivity contribution is -0.164. The fourth-order valence-corrected chi connectivity index (χ4v) is 5.05. The van der Waals surface area contributed by atoms with Crippen LogP contribution < -0.4 is 0 Å². The quantitative estimate of drug-likeness (QED) is 0.480. The lowest BCUT2D eigenvalue weighted by Gasteiger charge is -2.51. The highest BCUT2D eigenvalue weighted by molar-refractivity contribution is 6.30. The molecule has 0 saturated carbocycles. The number of carboxylic acids is 1. The van der Waals surface area contributed by atoms with Gasteiger partial charge in [0.2, 0.25) is 5.91 Å². The number of hydrogen-bond donors (Lipinski definition) is 1. The highest BCUT2D eigenvalue weighted by atomic mass is 35.5. The van der Waals surface area contributed by atoms with Crippen LogP contribution in [-0.4, -0.2) is 27.9 Å². The van der Waals surface area contributed by atoms with Gasteiger partial charge in [-0.1, -0.05) is 67.4 Å². The molecule has 1 saturated heterocycles. The average Bonchev–Trinajstić information content (AvgIpc) is 2.72. The average molecular weight is 460 g/mol. The number of amides is 1. The molecule has 0 radical (unpaired) electrons. The number of carbonyl (C=O) groups is 2. The molecule has 1 N–H and O–H groups in total. The summed E-state index contributed by atoms with van der Waals surface area (Å²) in [6.07, 6.45) is 3.05. The maximum Gasteiger partial charge on any atom is 0.326 e. The summed E-state index contributed by atoms with van der Waals surface area (Å²) in [6, 6.07) is 13.5. The molecule has 3 rings (SSSR count). The number of carboxylic acid groups (broad SMARTS) is 1. The van der Waals surface area contributed by atoms with Crippen LogP contribution in [0.5, 0.6) is 0 Å². The van der Waals surface area contributed by atoms with Gasteiger partial charge in [-0.15, -0.1) is 6.58 Å². The normalized spacial score (nSPS) is 24.6. The fraction of sp³-hybridized carbons (Fsp3) is 0.360. The Morgan fingerprint density at radius 3 is 2.45 bits per heavy atom. The van der Waals surface area contributed by atoms with Crippen molar-refractivity contribution in [3.8, 4) is 0 Å². The van der Waals surface area contributed by atoms with Crippen LogP contribution in [0.25, 0.3) is 0 Å². The second-order valence-corrected chi connectivity index (χ2v) is 9.26. The number of halogens is 2. The van der Waals surface area contributed by atoms with E-state index in [1.54, 1.807) is 30.0 Å². The SMILES string of the molecule is C=CC[C@@]1(C)C[C@H](c2cccc(Cl)c2)C(c2ccc(Cl)cc2)N([C@@H](CC)C(=O)O)C1=O. The molecule has 2 aromatic rings. The lowest BCUT2D eigenvalue weighted by atomic mass is 9.67. The molecule has 0 bridgehead atoms. The summed E-state index contributed by atoms with van der Waals surface area (Å²) in [6.45, 7) is 7.52. The van der Waals surface area contributed by atoms with Gasteiger partial charge in [0.25, 0.3) is 0 Å². The van der Waals surface area contributed by atoms with E-state index in [-0.39, 0.29) is 11.8 Å². The molecular weight excluding hydrogens is 433 g/mol. The van der Waals surface area contributed by atoms with Crippen molar-refractivity contribution in [2.24, 2.45) is 5.41 Å². The van der Waals surface area contributed by atoms with Crippen LogP contribution >= 0.6 is 23.2 Å². The Morgan fingerprint density at radius 2 is 1.90 bits per heavy atom. The molecule has 4 nitrogen and oxygen atoms in total. The van der Waals surface area contributed by atoms with Gasteiger partial charge >= 0.3 is 5.97 Å². The first kappa shape index (κ1) is 23.4. The number of hydrogen-bond acceptors (Lipinski definition) is 2. The van der Waals surface area contributed by atoms with Gasteiger partial charge in [-0.3, -0.25) is 4.79 Å². The molecule has 6 heteroatoms. The fourth-order valence-electron chi connectivity index (χ4n) is 4.72. The Hall–Kier alpha value is -2.30. The number of rotatable bonds is 7. The van der Waals surface area contributed by atoms with E-state index >= 15 is 0 Å². The highest BCUT2D eigenvalue weighted by Gasteiger charge is 2.52. The Kier molecular flexibility index (Phi) is 7.13. The zero-order valence-electron chi connectivity index (χ0n) is 17.7. The lowest BCUT2D eigenvalue weighted by Crippen LogP contribution is -2.57. The van der Waals surface area contributed by atoms with E-state index in [2.05, 4.69) is 6.58 Å². The number of likely N-dealkylation sites (tertiary alicyclic amines) is 1. The number of carbonyl (C=O) groups excluding carboxylic acids is 1. The van der Waals surface area contributed by atoms with Crippen molar-refractivity contribution in [3.63, 3.8) is 0 Å². The predicted molar refractivity (Wildman–Crippen MR) is 124 cm³/mol. The Labute approximate surface area is 193 Å². The van der Waals surface area contributed by atoms with Gasteiger partial charge in [-0.2, -0.15) is 0 Å². The zero-order chi connectivity index (χ0) is 22.8. The molecule has 164 valence electrons. The molecule has 31 heavy (non-hydrogen) atoms. The van der Waals surface area contributed by atoms with Gasteiger partial charge in [0.1, 0.15) is 6.04 Å². The van der Waals surface area contributed by atoms with Crippen LogP contribution in [0.15, 0.2) is 61.2 Å². The van der Waals surface area contributed by atoms with E-state index in [1.807, 2.05) is 43.3 Å². The summed E-state index contributed by atoms with van der Waals surface area (Å²) >= 11 is 12.4. The van der Waals surface area contributed by atoms with E-state index in [9.17, 15) is 14.7 Å². The Morgan fingerprint density at radius 1 is 1.23 bits per heavy atom. The van der Waals surface area contributed by atoms with Gasteiger partial charge in [0.15, 0.2) is 0 Å². The van der Waals surface area contributed by atoms with E-state index < -0.39 is 23.5 Å². The van der Waals surface area contributed by atoms with Crippen molar-refractivity contribution >= 4 is 35.1 Å². The topological polar surface area (TPSA) is 57.6 Å². The van der Waals surface area contributed by atoms with E-state index in [4.69, 9.17) is 23.2 Å². The third-order valence-corrected chi connectivity index (χ3v) is 6.68. The molecule has 0 aromatic heterocycles. The van der Waals surface area contributed by atoms with Crippen molar-refractivity contribution in [2.75, 3.05) is 0 Å². The standard InChI is InChI=1S/C25H27Cl2NO3/c1-4-13-25(3)15-20(17-7-6-8-19(27)14-17)22(16-9-11-18(26)12-10-16)28(24(25)31)21(5-2)23(29)30/h4,6-12,14,20-22H,1,5,13,15H2,2-3H3,(H,29,30)/t20-,21+,22?,25+/m1/s1. The Bertz CT molecular complexity index is 975. The van der Waals surface area contributed by atoms with Crippen LogP contribution in [0.2, 0.25) is 10.0 Å². The Balaban J connectivity index is 2.25. The summed E-state index contributed by atoms with van der Waals surface area (Å²) in [5.41, 5.74) is 1.06. The summed E-state index contributed by atoms with van der Waals surface area (Å²) in [4.78, 5) is 27.6. The molecule has 4 atom stereocenters. The largest absolute Gasteiger partial charge is 0.480 e. The number of piperidine rings is 1. The van der Waals surface area contributed by atoms with E-state index in [1.165, 1.54) is 0 Å². The molecule has 1 fully saturated rings. The molecule has 1 heterocycles. The maximum atomic E-state index is 13.8. The van der Waals surface area contributed by atoms with Crippen LogP contribution in [0, 0.1) is 5.41 Å². The number of nitrogens with zero attached hydrogens (tertiary/aromatic N) is 1. The van der Waals surface area contributed by atoms with Gasteiger partial charge in [0.05, 0.1) is 11.5 Å². The summed E-state index contributed by atoms with van der Waals surface area (Å²) < 4.78 is 0. The number of allylic oxidation sites excluding steroid dienone is 1. The van der Waals surface area contributed by atoms with Gasteiger partial charge in [0, 0.05) is 16.0 Å². The first-order valence-electron chi connectivity index (χ1n) is 10.4. The second-order valence-electron chi connectivity index (χ2n) is 8.39. The first-order valence-corrected chi connectivity index (χ1v) is 11.1. The van der Waals surface area contributed by atoms with Crippen LogP contribution in [0.1, 0.15) is 56.2 Å². The highest BCUT2D eigenvalue weighted by Crippen LogP contribution is 2.52. The molecule has 0 aliphatic carbocycles. The summed E-state index contributed by atoms with van der Waals surface area (Å²) in [5, 5.41) is 11.2. The van der Waals surface area contributed by atoms with Crippen molar-refractivity contribution in [2.45, 2.75) is 51.1 Å². The van der Waals surface area contributed by atoms with E-state index in [0.717, 1.165) is 11.1 Å². The smallest absolute Gasteiger partial charge is 0.326 e. The first-order chi connectivity index (χ1) is 14.7. The molecule has 1 aliphatic rings. The minimum Gasteiger partial charge on any atom is -0.480 e. The van der Waals surface area contributed by atoms with Gasteiger partial charge < -0.3 is 10.0 Å². The van der Waals surface area contributed by atoms with Crippen molar-refractivity contribution < 1.29 is 14.7 Å². The molecular formula is C25H27Cl2NO3. The van der Waals surface area contributed by atoms with Crippen LogP contribution in [0.3, 0.4) is 0 Å². The minimum absolute atomic E-state index is 0.143. The van der Waals surface area contributed by atoms with Crippen LogP contribution in [0.4, 0.5) is 0 Å². The summed E-state index contributed by atoms with van der Waals surface area (Å²) in [7, 11) is 0. The molecule has 1 unspecified atom stereocenters. The second kappa shape index (κ2) is 9.46. The number of benzene rings is 2. The molecule has 2 aromatic carbocycles. The third kappa shape index (κ3) is 4.65. The van der Waals surface area contributed by atoms with Gasteiger partial charge in [-0.05, 0) is 54.7 Å². The van der Waals surface area contributed by atoms with Crippen LogP contribution in [-0.2, 0) is 9.59 Å².